The molecule has 0 amide bonds. The zero-order chi connectivity index (χ0) is 22.2. The number of guanidine groups is 1. The number of oxazole rings is 1. The number of aliphatic imine (C=N–C) groups is 1. The summed E-state index contributed by atoms with van der Waals surface area (Å²) >= 11 is 0. The van der Waals surface area contributed by atoms with Crippen LogP contribution < -0.4 is 10.6 Å². The third-order valence-electron chi connectivity index (χ3n) is 5.63. The number of piperidine rings is 1. The first-order valence-corrected chi connectivity index (χ1v) is 11.4. The van der Waals surface area contributed by atoms with Gasteiger partial charge in [0.05, 0.1) is 12.2 Å². The van der Waals surface area contributed by atoms with E-state index in [0.717, 1.165) is 61.9 Å². The molecule has 168 valence electrons. The van der Waals surface area contributed by atoms with Gasteiger partial charge in [-0.25, -0.2) is 9.98 Å². The van der Waals surface area contributed by atoms with Crippen LogP contribution in [0.1, 0.15) is 36.7 Å². The van der Waals surface area contributed by atoms with Crippen molar-refractivity contribution in [3.63, 3.8) is 0 Å². The lowest BCUT2D eigenvalue weighted by Gasteiger charge is -2.32. The van der Waals surface area contributed by atoms with E-state index in [9.17, 15) is 0 Å². The molecule has 1 aromatic carbocycles. The third-order valence-corrected chi connectivity index (χ3v) is 5.63. The highest BCUT2D eigenvalue weighted by Crippen LogP contribution is 2.19. The van der Waals surface area contributed by atoms with Crippen LogP contribution in [0.3, 0.4) is 0 Å². The van der Waals surface area contributed by atoms with Crippen LogP contribution in [-0.2, 0) is 13.1 Å². The number of hydrogen-bond acceptors (Lipinski definition) is 5. The maximum absolute atomic E-state index is 5.66. The smallest absolute Gasteiger partial charge is 0.226 e. The minimum atomic E-state index is 0.410. The molecule has 0 aliphatic carbocycles. The van der Waals surface area contributed by atoms with E-state index in [0.29, 0.717) is 18.5 Å². The topological polar surface area (TPSA) is 78.6 Å². The monoisotopic (exact) mass is 432 g/mol. The average Bonchev–Trinajstić information content (AvgIpc) is 3.29. The van der Waals surface area contributed by atoms with Crippen molar-refractivity contribution in [3.8, 4) is 11.5 Å². The molecule has 1 aliphatic rings. The lowest BCUT2D eigenvalue weighted by atomic mass is 10.0. The van der Waals surface area contributed by atoms with Crippen molar-refractivity contribution in [1.29, 1.82) is 0 Å². The molecule has 0 saturated carbocycles. The van der Waals surface area contributed by atoms with Gasteiger partial charge in [0.1, 0.15) is 12.0 Å². The molecule has 0 atom stereocenters. The fourth-order valence-corrected chi connectivity index (χ4v) is 3.84. The Bertz CT molecular complexity index is 991. The number of aryl methyl sites for hydroxylation is 1. The van der Waals surface area contributed by atoms with Crippen molar-refractivity contribution in [3.05, 3.63) is 71.9 Å². The van der Waals surface area contributed by atoms with Gasteiger partial charge in [-0.3, -0.25) is 9.88 Å². The predicted molar refractivity (Wildman–Crippen MR) is 127 cm³/mol. The van der Waals surface area contributed by atoms with Gasteiger partial charge in [-0.15, -0.1) is 0 Å². The van der Waals surface area contributed by atoms with Crippen LogP contribution in [0.4, 0.5) is 0 Å². The number of benzene rings is 1. The van der Waals surface area contributed by atoms with Gasteiger partial charge in [0.25, 0.3) is 0 Å². The minimum Gasteiger partial charge on any atom is -0.444 e. The molecule has 1 saturated heterocycles. The Kier molecular flexibility index (Phi) is 7.51. The van der Waals surface area contributed by atoms with Crippen LogP contribution in [-0.4, -0.2) is 46.5 Å². The summed E-state index contributed by atoms with van der Waals surface area (Å²) in [6.07, 6.45) is 5.72. The van der Waals surface area contributed by atoms with Gasteiger partial charge in [0.2, 0.25) is 5.89 Å². The Hall–Kier alpha value is -3.19. The van der Waals surface area contributed by atoms with Gasteiger partial charge >= 0.3 is 0 Å². The minimum absolute atomic E-state index is 0.410. The zero-order valence-corrected chi connectivity index (χ0v) is 18.9. The number of nitrogens with one attached hydrogen (secondary N) is 2. The number of rotatable bonds is 7. The van der Waals surface area contributed by atoms with Gasteiger partial charge in [-0.2, -0.15) is 0 Å². The van der Waals surface area contributed by atoms with Crippen molar-refractivity contribution >= 4 is 5.96 Å². The Labute approximate surface area is 190 Å². The first-order chi connectivity index (χ1) is 15.7. The highest BCUT2D eigenvalue weighted by molar-refractivity contribution is 5.80. The molecule has 2 N–H and O–H groups in total. The summed E-state index contributed by atoms with van der Waals surface area (Å²) in [5.74, 6) is 1.46. The standard InChI is InChI=1S/C25H32N6O/c1-3-26-25(28-16-23-18-32-24(29-23)20-9-7-19(2)8-10-20)30-21-11-14-31(15-12-21)17-22-6-4-5-13-27-22/h4-10,13,18,21H,3,11-12,14-17H2,1-2H3,(H2,26,28,30). The number of pyridine rings is 1. The molecule has 0 radical (unpaired) electrons. The summed E-state index contributed by atoms with van der Waals surface area (Å²) in [6, 6.07) is 14.7. The second-order valence-corrected chi connectivity index (χ2v) is 8.22. The van der Waals surface area contributed by atoms with E-state index in [2.05, 4.69) is 63.6 Å². The lowest BCUT2D eigenvalue weighted by Crippen LogP contribution is -2.48. The van der Waals surface area contributed by atoms with E-state index < -0.39 is 0 Å². The van der Waals surface area contributed by atoms with Crippen molar-refractivity contribution in [2.24, 2.45) is 4.99 Å². The van der Waals surface area contributed by atoms with Gasteiger partial charge in [0.15, 0.2) is 5.96 Å². The predicted octanol–water partition coefficient (Wildman–Crippen LogP) is 3.76. The van der Waals surface area contributed by atoms with Crippen LogP contribution in [0.2, 0.25) is 0 Å². The van der Waals surface area contributed by atoms with Gasteiger partial charge in [0, 0.05) is 44.0 Å². The summed E-state index contributed by atoms with van der Waals surface area (Å²) in [5, 5.41) is 6.95. The summed E-state index contributed by atoms with van der Waals surface area (Å²) in [7, 11) is 0. The van der Waals surface area contributed by atoms with Crippen molar-refractivity contribution in [2.45, 2.75) is 45.8 Å². The molecule has 3 heterocycles. The molecule has 3 aromatic rings. The number of aromatic nitrogens is 2. The molecule has 0 bridgehead atoms. The second kappa shape index (κ2) is 10.9. The van der Waals surface area contributed by atoms with Crippen LogP contribution in [0.25, 0.3) is 11.5 Å². The zero-order valence-electron chi connectivity index (χ0n) is 18.9. The summed E-state index contributed by atoms with van der Waals surface area (Å²) in [5.41, 5.74) is 4.15. The van der Waals surface area contributed by atoms with Gasteiger partial charge in [-0.1, -0.05) is 23.8 Å². The third kappa shape index (κ3) is 6.17. The highest BCUT2D eigenvalue weighted by Gasteiger charge is 2.20. The Morgan fingerprint density at radius 1 is 1.12 bits per heavy atom. The van der Waals surface area contributed by atoms with E-state index in [1.54, 1.807) is 6.26 Å². The molecular formula is C25H32N6O. The van der Waals surface area contributed by atoms with Crippen LogP contribution in [0.5, 0.6) is 0 Å². The van der Waals surface area contributed by atoms with Crippen molar-refractivity contribution in [1.82, 2.24) is 25.5 Å². The number of likely N-dealkylation sites (tertiary alicyclic amines) is 1. The van der Waals surface area contributed by atoms with Crippen LogP contribution in [0.15, 0.2) is 64.3 Å². The summed E-state index contributed by atoms with van der Waals surface area (Å²) in [6.45, 7) is 8.46. The fourth-order valence-electron chi connectivity index (χ4n) is 3.84. The number of nitrogens with zero attached hydrogens (tertiary/aromatic N) is 4. The molecule has 0 unspecified atom stereocenters. The lowest BCUT2D eigenvalue weighted by molar-refractivity contribution is 0.196. The number of hydrogen-bond donors (Lipinski definition) is 2. The largest absolute Gasteiger partial charge is 0.444 e. The Morgan fingerprint density at radius 3 is 2.66 bits per heavy atom. The molecule has 1 aliphatic heterocycles. The van der Waals surface area contributed by atoms with Crippen LogP contribution in [0, 0.1) is 6.92 Å². The first kappa shape index (κ1) is 22.0. The summed E-state index contributed by atoms with van der Waals surface area (Å²) < 4.78 is 5.66. The fraction of sp³-hybridized carbons (Fsp3) is 0.400. The molecule has 7 nitrogen and oxygen atoms in total. The highest BCUT2D eigenvalue weighted by atomic mass is 16.3. The molecule has 2 aromatic heterocycles. The maximum atomic E-state index is 5.66. The van der Waals surface area contributed by atoms with E-state index in [-0.39, 0.29) is 0 Å². The Morgan fingerprint density at radius 2 is 1.94 bits per heavy atom. The van der Waals surface area contributed by atoms with E-state index in [1.165, 1.54) is 5.56 Å². The quantitative estimate of drug-likeness (QED) is 0.437. The van der Waals surface area contributed by atoms with Crippen LogP contribution >= 0.6 is 0 Å². The van der Waals surface area contributed by atoms with Gasteiger partial charge < -0.3 is 15.1 Å². The first-order valence-electron chi connectivity index (χ1n) is 11.4. The molecular weight excluding hydrogens is 400 g/mol. The van der Waals surface area contributed by atoms with E-state index in [4.69, 9.17) is 9.41 Å². The van der Waals surface area contributed by atoms with Crippen molar-refractivity contribution < 1.29 is 4.42 Å². The SMILES string of the molecule is CCNC(=NCc1coc(-c2ccc(C)cc2)n1)NC1CCN(Cc2ccccn2)CC1. The average molecular weight is 433 g/mol. The molecule has 0 spiro atoms. The van der Waals surface area contributed by atoms with Gasteiger partial charge in [-0.05, 0) is 51.0 Å². The van der Waals surface area contributed by atoms with E-state index in [1.807, 2.05) is 24.4 Å². The molecule has 1 fully saturated rings. The second-order valence-electron chi connectivity index (χ2n) is 8.22. The molecule has 32 heavy (non-hydrogen) atoms. The summed E-state index contributed by atoms with van der Waals surface area (Å²) in [4.78, 5) is 16.2. The molecule has 4 rings (SSSR count). The maximum Gasteiger partial charge on any atom is 0.226 e. The Balaban J connectivity index is 1.29. The van der Waals surface area contributed by atoms with Crippen molar-refractivity contribution in [2.75, 3.05) is 19.6 Å². The van der Waals surface area contributed by atoms with E-state index >= 15 is 0 Å². The normalized spacial score (nSPS) is 15.6. The molecule has 7 heteroatoms.